The van der Waals surface area contributed by atoms with Crippen molar-refractivity contribution >= 4 is 37.3 Å². The minimum Gasteiger partial charge on any atom is -0.228 e. The fourth-order valence-electron chi connectivity index (χ4n) is 0.977. The van der Waals surface area contributed by atoms with Crippen molar-refractivity contribution in [2.75, 3.05) is 0 Å². The molecule has 1 aromatic rings. The lowest BCUT2D eigenvalue weighted by atomic mass is 10.3. The van der Waals surface area contributed by atoms with Gasteiger partial charge >= 0.3 is 6.18 Å². The summed E-state index contributed by atoms with van der Waals surface area (Å²) in [5.41, 5.74) is 0. The molecule has 0 saturated heterocycles. The number of primary sulfonamides is 1. The van der Waals surface area contributed by atoms with Crippen LogP contribution in [0.2, 0.25) is 0 Å². The Morgan fingerprint density at radius 3 is 2.27 bits per heavy atom. The monoisotopic (exact) mass is 323 g/mol. The highest BCUT2D eigenvalue weighted by molar-refractivity contribution is 9.10. The number of hydrogen-bond acceptors (Lipinski definition) is 3. The molecule has 0 saturated carbocycles. The van der Waals surface area contributed by atoms with Crippen molar-refractivity contribution in [1.82, 2.24) is 0 Å². The van der Waals surface area contributed by atoms with E-state index < -0.39 is 21.4 Å². The number of rotatable bonds is 2. The average molecular weight is 324 g/mol. The summed E-state index contributed by atoms with van der Waals surface area (Å²) < 4.78 is 59.3. The molecule has 86 valence electrons. The summed E-state index contributed by atoms with van der Waals surface area (Å²) in [6.07, 6.45) is -4.92. The fourth-order valence-corrected chi connectivity index (χ4v) is 4.10. The van der Waals surface area contributed by atoms with Gasteiger partial charge < -0.3 is 0 Å². The summed E-state index contributed by atoms with van der Waals surface area (Å²) in [4.78, 5) is -0.356. The van der Waals surface area contributed by atoms with Gasteiger partial charge in [0, 0.05) is 9.35 Å². The molecule has 2 N–H and O–H groups in total. The Balaban J connectivity index is 3.33. The van der Waals surface area contributed by atoms with Gasteiger partial charge in [-0.25, -0.2) is 13.6 Å². The van der Waals surface area contributed by atoms with Crippen LogP contribution in [0.4, 0.5) is 13.2 Å². The minimum absolute atomic E-state index is 0.0869. The molecular formula is C6H5BrF3NO2S2. The van der Waals surface area contributed by atoms with Gasteiger partial charge in [0.1, 0.15) is 0 Å². The Labute approximate surface area is 96.3 Å². The van der Waals surface area contributed by atoms with Gasteiger partial charge in [-0.1, -0.05) is 0 Å². The van der Waals surface area contributed by atoms with Gasteiger partial charge in [-0.3, -0.25) is 0 Å². The Hall–Kier alpha value is -0.120. The maximum absolute atomic E-state index is 12.5. The van der Waals surface area contributed by atoms with E-state index in [-0.39, 0.29) is 9.35 Å². The first-order chi connectivity index (χ1) is 6.64. The molecule has 0 radical (unpaired) electrons. The first-order valence-corrected chi connectivity index (χ1v) is 6.73. The lowest BCUT2D eigenvalue weighted by Crippen LogP contribution is -2.33. The molecule has 1 rings (SSSR count). The molecule has 15 heavy (non-hydrogen) atoms. The number of nitrogens with two attached hydrogens (primary N) is 1. The summed E-state index contributed by atoms with van der Waals surface area (Å²) in [5.74, 6) is 0. The van der Waals surface area contributed by atoms with Crippen LogP contribution in [0.25, 0.3) is 0 Å². The van der Waals surface area contributed by atoms with Crippen LogP contribution in [0.1, 0.15) is 10.1 Å². The number of alkyl halides is 3. The predicted molar refractivity (Wildman–Crippen MR) is 53.9 cm³/mol. The van der Waals surface area contributed by atoms with Gasteiger partial charge in [0.2, 0.25) is 15.3 Å². The van der Waals surface area contributed by atoms with Crippen molar-refractivity contribution in [1.29, 1.82) is 0 Å². The molecule has 1 unspecified atom stereocenters. The molecule has 1 atom stereocenters. The van der Waals surface area contributed by atoms with Gasteiger partial charge in [0.25, 0.3) is 0 Å². The van der Waals surface area contributed by atoms with Crippen LogP contribution in [0, 0.1) is 0 Å². The van der Waals surface area contributed by atoms with E-state index in [1.54, 1.807) is 0 Å². The number of thiophene rings is 1. The summed E-state index contributed by atoms with van der Waals surface area (Å²) in [6, 6.07) is 1.34. The van der Waals surface area contributed by atoms with Gasteiger partial charge in [-0.2, -0.15) is 13.2 Å². The van der Waals surface area contributed by atoms with Crippen LogP contribution in [-0.2, 0) is 10.0 Å². The molecule has 0 fully saturated rings. The molecule has 0 aliphatic rings. The number of sulfonamides is 1. The zero-order valence-corrected chi connectivity index (χ0v) is 10.2. The summed E-state index contributed by atoms with van der Waals surface area (Å²) in [6.45, 7) is 0. The quantitative estimate of drug-likeness (QED) is 0.908. The van der Waals surface area contributed by atoms with E-state index in [9.17, 15) is 21.6 Å². The highest BCUT2D eigenvalue weighted by atomic mass is 79.9. The van der Waals surface area contributed by atoms with Crippen molar-refractivity contribution in [2.45, 2.75) is 11.4 Å². The van der Waals surface area contributed by atoms with E-state index in [0.29, 0.717) is 11.3 Å². The van der Waals surface area contributed by atoms with Crippen LogP contribution in [0.3, 0.4) is 0 Å². The molecule has 0 bridgehead atoms. The largest absolute Gasteiger partial charge is 0.411 e. The average Bonchev–Trinajstić information content (AvgIpc) is 2.30. The highest BCUT2D eigenvalue weighted by Crippen LogP contribution is 2.43. The predicted octanol–water partition coefficient (Wildman–Crippen LogP) is 2.40. The fraction of sp³-hybridized carbons (Fsp3) is 0.333. The molecule has 1 heterocycles. The van der Waals surface area contributed by atoms with Crippen LogP contribution < -0.4 is 5.14 Å². The van der Waals surface area contributed by atoms with E-state index >= 15 is 0 Å². The number of hydrogen-bond donors (Lipinski definition) is 1. The van der Waals surface area contributed by atoms with Crippen molar-refractivity contribution in [2.24, 2.45) is 5.14 Å². The SMILES string of the molecule is NS(=O)(=O)C(c1sccc1Br)C(F)(F)F. The van der Waals surface area contributed by atoms with Gasteiger partial charge in [0.15, 0.2) is 0 Å². The third-order valence-electron chi connectivity index (χ3n) is 1.51. The lowest BCUT2D eigenvalue weighted by Gasteiger charge is -2.17. The van der Waals surface area contributed by atoms with Gasteiger partial charge in [0.05, 0.1) is 0 Å². The molecular weight excluding hydrogens is 319 g/mol. The Bertz CT molecular complexity index is 453. The standard InChI is InChI=1S/C6H5BrF3NO2S2/c7-3-1-2-14-4(3)5(6(8,9)10)15(11,12)13/h1-2,5H,(H2,11,12,13). The molecule has 0 spiro atoms. The zero-order valence-electron chi connectivity index (χ0n) is 6.95. The maximum Gasteiger partial charge on any atom is 0.411 e. The maximum atomic E-state index is 12.5. The minimum atomic E-state index is -4.92. The van der Waals surface area contributed by atoms with Gasteiger partial charge in [-0.05, 0) is 27.4 Å². The first-order valence-electron chi connectivity index (χ1n) is 3.45. The molecule has 1 aromatic heterocycles. The van der Waals surface area contributed by atoms with E-state index in [2.05, 4.69) is 21.1 Å². The Morgan fingerprint density at radius 2 is 2.00 bits per heavy atom. The highest BCUT2D eigenvalue weighted by Gasteiger charge is 2.49. The molecule has 0 aliphatic carbocycles. The third-order valence-corrected chi connectivity index (χ3v) is 4.75. The van der Waals surface area contributed by atoms with Crippen molar-refractivity contribution in [3.05, 3.63) is 20.8 Å². The van der Waals surface area contributed by atoms with E-state index in [0.717, 1.165) is 0 Å². The van der Waals surface area contributed by atoms with Crippen molar-refractivity contribution in [3.8, 4) is 0 Å². The molecule has 0 aliphatic heterocycles. The summed E-state index contributed by atoms with van der Waals surface area (Å²) in [7, 11) is -4.71. The van der Waals surface area contributed by atoms with Crippen molar-refractivity contribution < 1.29 is 21.6 Å². The summed E-state index contributed by atoms with van der Waals surface area (Å²) in [5, 5.41) is 3.25. The molecule has 3 nitrogen and oxygen atoms in total. The second-order valence-corrected chi connectivity index (χ2v) is 6.09. The third kappa shape index (κ3) is 2.92. The van der Waals surface area contributed by atoms with Crippen LogP contribution >= 0.6 is 27.3 Å². The smallest absolute Gasteiger partial charge is 0.228 e. The zero-order chi connectivity index (χ0) is 11.9. The molecule has 0 amide bonds. The normalized spacial score (nSPS) is 15.3. The Morgan fingerprint density at radius 1 is 1.47 bits per heavy atom. The lowest BCUT2D eigenvalue weighted by molar-refractivity contribution is -0.131. The van der Waals surface area contributed by atoms with E-state index in [1.165, 1.54) is 11.4 Å². The van der Waals surface area contributed by atoms with Crippen LogP contribution in [-0.4, -0.2) is 14.6 Å². The van der Waals surface area contributed by atoms with Crippen LogP contribution in [0.15, 0.2) is 15.9 Å². The van der Waals surface area contributed by atoms with Crippen molar-refractivity contribution in [3.63, 3.8) is 0 Å². The van der Waals surface area contributed by atoms with E-state index in [1.807, 2.05) is 0 Å². The topological polar surface area (TPSA) is 60.2 Å². The van der Waals surface area contributed by atoms with Crippen LogP contribution in [0.5, 0.6) is 0 Å². The first kappa shape index (κ1) is 12.9. The second-order valence-electron chi connectivity index (χ2n) is 2.64. The molecule has 9 heteroatoms. The van der Waals surface area contributed by atoms with Gasteiger partial charge in [-0.15, -0.1) is 11.3 Å². The second kappa shape index (κ2) is 4.04. The van der Waals surface area contributed by atoms with E-state index in [4.69, 9.17) is 0 Å². The molecule has 0 aromatic carbocycles. The Kier molecular flexibility index (Phi) is 3.49. The number of halogens is 4. The summed E-state index contributed by atoms with van der Waals surface area (Å²) >= 11 is 3.53.